The molecule has 108 valence electrons. The van der Waals surface area contributed by atoms with Crippen molar-refractivity contribution in [3.05, 3.63) is 71.4 Å². The monoisotopic (exact) mass is 305 g/mol. The van der Waals surface area contributed by atoms with Crippen molar-refractivity contribution in [3.8, 4) is 0 Å². The van der Waals surface area contributed by atoms with Gasteiger partial charge >= 0.3 is 0 Å². The Morgan fingerprint density at radius 2 is 2.24 bits per heavy atom. The van der Waals surface area contributed by atoms with Crippen LogP contribution in [-0.4, -0.2) is 9.55 Å². The second-order valence-electron chi connectivity index (χ2n) is 4.61. The van der Waals surface area contributed by atoms with Crippen LogP contribution in [0.25, 0.3) is 0 Å². The van der Waals surface area contributed by atoms with Crippen LogP contribution in [0.2, 0.25) is 5.02 Å². The van der Waals surface area contributed by atoms with E-state index in [1.165, 1.54) is 18.2 Å². The average Bonchev–Trinajstić information content (AvgIpc) is 3.11. The zero-order valence-electron chi connectivity index (χ0n) is 11.3. The molecule has 0 amide bonds. The summed E-state index contributed by atoms with van der Waals surface area (Å²) in [6.45, 7) is 0. The van der Waals surface area contributed by atoms with E-state index in [2.05, 4.69) is 10.3 Å². The smallest absolute Gasteiger partial charge is 0.143 e. The molecule has 0 radical (unpaired) electrons. The van der Waals surface area contributed by atoms with Gasteiger partial charge in [-0.2, -0.15) is 0 Å². The first-order valence-electron chi connectivity index (χ1n) is 6.37. The third-order valence-corrected chi connectivity index (χ3v) is 3.50. The van der Waals surface area contributed by atoms with Crippen LogP contribution in [0, 0.1) is 5.82 Å². The summed E-state index contributed by atoms with van der Waals surface area (Å²) in [5, 5.41) is 3.62. The van der Waals surface area contributed by atoms with Gasteiger partial charge in [0.05, 0.1) is 17.0 Å². The summed E-state index contributed by atoms with van der Waals surface area (Å²) in [5.74, 6) is 1.05. The number of aromatic nitrogens is 2. The molecule has 0 spiro atoms. The van der Waals surface area contributed by atoms with Crippen LogP contribution in [0.4, 0.5) is 10.1 Å². The molecule has 0 saturated heterocycles. The number of rotatable bonds is 4. The molecule has 1 unspecified atom stereocenters. The van der Waals surface area contributed by atoms with Gasteiger partial charge in [-0.15, -0.1) is 0 Å². The van der Waals surface area contributed by atoms with Crippen molar-refractivity contribution >= 4 is 17.3 Å². The van der Waals surface area contributed by atoms with Gasteiger partial charge in [-0.25, -0.2) is 9.37 Å². The highest BCUT2D eigenvalue weighted by Gasteiger charge is 2.22. The van der Waals surface area contributed by atoms with Gasteiger partial charge in [-0.1, -0.05) is 11.6 Å². The number of anilines is 1. The molecular weight excluding hydrogens is 293 g/mol. The van der Waals surface area contributed by atoms with Crippen molar-refractivity contribution < 1.29 is 8.81 Å². The Bertz CT molecular complexity index is 739. The first kappa shape index (κ1) is 13.7. The van der Waals surface area contributed by atoms with E-state index in [9.17, 15) is 4.39 Å². The number of nitrogens with zero attached hydrogens (tertiary/aromatic N) is 2. The van der Waals surface area contributed by atoms with Gasteiger partial charge in [0.15, 0.2) is 0 Å². The van der Waals surface area contributed by atoms with E-state index < -0.39 is 0 Å². The number of nitrogens with one attached hydrogen (secondary N) is 1. The molecule has 6 heteroatoms. The van der Waals surface area contributed by atoms with E-state index >= 15 is 0 Å². The molecule has 1 atom stereocenters. The highest BCUT2D eigenvalue weighted by Crippen LogP contribution is 2.30. The molecule has 3 rings (SSSR count). The quantitative estimate of drug-likeness (QED) is 0.792. The number of halogens is 2. The van der Waals surface area contributed by atoms with Gasteiger partial charge in [0.1, 0.15) is 23.4 Å². The Kier molecular flexibility index (Phi) is 3.66. The zero-order valence-corrected chi connectivity index (χ0v) is 12.0. The minimum Gasteiger partial charge on any atom is -0.467 e. The summed E-state index contributed by atoms with van der Waals surface area (Å²) in [4.78, 5) is 4.32. The Hall–Kier alpha value is -2.27. The van der Waals surface area contributed by atoms with Gasteiger partial charge in [0.2, 0.25) is 0 Å². The Balaban J connectivity index is 2.01. The average molecular weight is 306 g/mol. The predicted molar refractivity (Wildman–Crippen MR) is 78.8 cm³/mol. The minimum absolute atomic E-state index is 0.361. The Labute approximate surface area is 126 Å². The summed E-state index contributed by atoms with van der Waals surface area (Å²) in [5.41, 5.74) is 0.487. The van der Waals surface area contributed by atoms with Crippen LogP contribution < -0.4 is 5.32 Å². The molecule has 0 aliphatic heterocycles. The van der Waals surface area contributed by atoms with Crippen LogP contribution in [0.3, 0.4) is 0 Å². The van der Waals surface area contributed by atoms with Crippen molar-refractivity contribution in [1.29, 1.82) is 0 Å². The van der Waals surface area contributed by atoms with Crippen molar-refractivity contribution in [1.82, 2.24) is 9.55 Å². The number of imidazole rings is 1. The molecule has 2 aromatic heterocycles. The summed E-state index contributed by atoms with van der Waals surface area (Å²) in [7, 11) is 1.88. The van der Waals surface area contributed by atoms with Crippen LogP contribution >= 0.6 is 11.6 Å². The van der Waals surface area contributed by atoms with Gasteiger partial charge < -0.3 is 14.3 Å². The fraction of sp³-hybridized carbons (Fsp3) is 0.133. The molecule has 0 aliphatic rings. The normalized spacial score (nSPS) is 12.3. The maximum Gasteiger partial charge on any atom is 0.143 e. The number of hydrogen-bond donors (Lipinski definition) is 1. The molecule has 2 heterocycles. The van der Waals surface area contributed by atoms with E-state index in [-0.39, 0.29) is 11.9 Å². The second-order valence-corrected chi connectivity index (χ2v) is 5.02. The minimum atomic E-state index is -0.362. The zero-order chi connectivity index (χ0) is 14.8. The highest BCUT2D eigenvalue weighted by atomic mass is 35.5. The lowest BCUT2D eigenvalue weighted by atomic mass is 10.2. The van der Waals surface area contributed by atoms with Crippen LogP contribution in [0.15, 0.2) is 53.4 Å². The lowest BCUT2D eigenvalue weighted by Gasteiger charge is -2.18. The van der Waals surface area contributed by atoms with Crippen molar-refractivity contribution in [2.24, 2.45) is 7.05 Å². The number of aryl methyl sites for hydroxylation is 1. The van der Waals surface area contributed by atoms with E-state index in [0.29, 0.717) is 16.5 Å². The van der Waals surface area contributed by atoms with Gasteiger partial charge in [-0.3, -0.25) is 0 Å². The molecule has 0 bridgehead atoms. The number of hydrogen-bond acceptors (Lipinski definition) is 3. The van der Waals surface area contributed by atoms with Crippen LogP contribution in [0.5, 0.6) is 0 Å². The van der Waals surface area contributed by atoms with Crippen LogP contribution in [-0.2, 0) is 7.05 Å². The lowest BCUT2D eigenvalue weighted by molar-refractivity contribution is 0.488. The van der Waals surface area contributed by atoms with Gasteiger partial charge in [-0.05, 0) is 30.3 Å². The fourth-order valence-corrected chi connectivity index (χ4v) is 2.31. The second kappa shape index (κ2) is 5.61. The predicted octanol–water partition coefficient (Wildman–Crippen LogP) is 4.01. The summed E-state index contributed by atoms with van der Waals surface area (Å²) in [6, 6.07) is 7.44. The largest absolute Gasteiger partial charge is 0.467 e. The molecule has 0 fully saturated rings. The Morgan fingerprint density at radius 1 is 1.38 bits per heavy atom. The number of furan rings is 1. The van der Waals surface area contributed by atoms with Crippen molar-refractivity contribution in [2.75, 3.05) is 5.32 Å². The lowest BCUT2D eigenvalue weighted by Crippen LogP contribution is -2.16. The molecule has 21 heavy (non-hydrogen) atoms. The maximum atomic E-state index is 13.4. The molecule has 4 nitrogen and oxygen atoms in total. The molecule has 0 saturated carbocycles. The van der Waals surface area contributed by atoms with E-state index in [0.717, 1.165) is 5.82 Å². The molecular formula is C15H13ClFN3O. The standard InChI is InChI=1S/C15H13ClFN3O/c1-20-7-6-18-15(20)14(13-3-2-8-21-13)19-12-9-10(17)4-5-11(12)16/h2-9,14,19H,1H3. The van der Waals surface area contributed by atoms with Crippen molar-refractivity contribution in [2.45, 2.75) is 6.04 Å². The topological polar surface area (TPSA) is 43.0 Å². The van der Waals surface area contributed by atoms with Gasteiger partial charge in [0.25, 0.3) is 0 Å². The highest BCUT2D eigenvalue weighted by molar-refractivity contribution is 6.33. The van der Waals surface area contributed by atoms with E-state index in [1.54, 1.807) is 18.5 Å². The maximum absolute atomic E-state index is 13.4. The third-order valence-electron chi connectivity index (χ3n) is 3.17. The molecule has 0 aliphatic carbocycles. The summed E-state index contributed by atoms with van der Waals surface area (Å²) < 4.78 is 20.8. The Morgan fingerprint density at radius 3 is 2.90 bits per heavy atom. The van der Waals surface area contributed by atoms with Crippen molar-refractivity contribution in [3.63, 3.8) is 0 Å². The number of benzene rings is 1. The molecule has 1 aromatic carbocycles. The van der Waals surface area contributed by atoms with Gasteiger partial charge in [0, 0.05) is 19.4 Å². The SMILES string of the molecule is Cn1ccnc1C(Nc1cc(F)ccc1Cl)c1ccco1. The molecule has 3 aromatic rings. The summed E-state index contributed by atoms with van der Waals surface area (Å²) in [6.07, 6.45) is 5.11. The van der Waals surface area contributed by atoms with E-state index in [1.807, 2.05) is 23.9 Å². The van der Waals surface area contributed by atoms with Crippen LogP contribution in [0.1, 0.15) is 17.6 Å². The summed E-state index contributed by atoms with van der Waals surface area (Å²) >= 11 is 6.12. The molecule has 1 N–H and O–H groups in total. The first-order chi connectivity index (χ1) is 10.1. The fourth-order valence-electron chi connectivity index (χ4n) is 2.14. The first-order valence-corrected chi connectivity index (χ1v) is 6.75. The third kappa shape index (κ3) is 2.78. The van der Waals surface area contributed by atoms with E-state index in [4.69, 9.17) is 16.0 Å².